The summed E-state index contributed by atoms with van der Waals surface area (Å²) in [5.41, 5.74) is 8.98. The van der Waals surface area contributed by atoms with Gasteiger partial charge in [-0.2, -0.15) is 0 Å². The molecule has 128 valence electrons. The third kappa shape index (κ3) is 2.75. The first-order chi connectivity index (χ1) is 12.8. The van der Waals surface area contributed by atoms with Crippen LogP contribution in [0.15, 0.2) is 76.8 Å². The molecule has 1 heteroatoms. The van der Waals surface area contributed by atoms with Crippen molar-refractivity contribution in [3.63, 3.8) is 0 Å². The molecule has 0 aliphatic heterocycles. The number of fused-ring (bicyclic) bond motifs is 4. The Morgan fingerprint density at radius 3 is 2.73 bits per heavy atom. The highest BCUT2D eigenvalue weighted by atomic mass is 79.9. The van der Waals surface area contributed by atoms with Crippen LogP contribution in [0, 0.1) is 0 Å². The number of allylic oxidation sites excluding steroid dienone is 4. The molecule has 2 aliphatic rings. The van der Waals surface area contributed by atoms with Crippen LogP contribution in [-0.2, 0) is 12.8 Å². The van der Waals surface area contributed by atoms with Crippen LogP contribution in [0.2, 0.25) is 0 Å². The van der Waals surface area contributed by atoms with E-state index in [0.29, 0.717) is 0 Å². The molecule has 0 unspecified atom stereocenters. The Bertz CT molecular complexity index is 1070. The van der Waals surface area contributed by atoms with Gasteiger partial charge in [-0.1, -0.05) is 76.1 Å². The predicted octanol–water partition coefficient (Wildman–Crippen LogP) is 7.24. The minimum Gasteiger partial charge on any atom is -0.0836 e. The average Bonchev–Trinajstić information content (AvgIpc) is 2.67. The molecule has 3 aromatic carbocycles. The van der Waals surface area contributed by atoms with Gasteiger partial charge in [0.15, 0.2) is 0 Å². The van der Waals surface area contributed by atoms with Gasteiger partial charge in [-0.15, -0.1) is 0 Å². The molecule has 0 heterocycles. The van der Waals surface area contributed by atoms with E-state index < -0.39 is 0 Å². The number of hydrogen-bond donors (Lipinski definition) is 0. The Kier molecular flexibility index (Phi) is 4.05. The van der Waals surface area contributed by atoms with Crippen LogP contribution >= 0.6 is 15.9 Å². The third-order valence-electron chi connectivity index (χ3n) is 5.77. The van der Waals surface area contributed by atoms with Crippen molar-refractivity contribution in [2.24, 2.45) is 0 Å². The highest BCUT2D eigenvalue weighted by molar-refractivity contribution is 9.10. The molecule has 0 saturated heterocycles. The molecule has 0 saturated carbocycles. The number of halogens is 1. The Balaban J connectivity index is 1.69. The second-order valence-corrected chi connectivity index (χ2v) is 8.29. The summed E-state index contributed by atoms with van der Waals surface area (Å²) in [4.78, 5) is 0. The summed E-state index contributed by atoms with van der Waals surface area (Å²) >= 11 is 3.61. The molecule has 0 bridgehead atoms. The SMILES string of the molecule is Brc1cccc(Cc2cccc3ccc4c(c23)CCC2=C4C=CCC2)c1. The van der Waals surface area contributed by atoms with E-state index in [-0.39, 0.29) is 0 Å². The largest absolute Gasteiger partial charge is 0.0836 e. The molecule has 3 aromatic rings. The van der Waals surface area contributed by atoms with Crippen LogP contribution in [-0.4, -0.2) is 0 Å². The summed E-state index contributed by atoms with van der Waals surface area (Å²) in [5.74, 6) is 0. The zero-order valence-corrected chi connectivity index (χ0v) is 16.4. The fraction of sp³-hybridized carbons (Fsp3) is 0.200. The van der Waals surface area contributed by atoms with Crippen molar-refractivity contribution in [1.82, 2.24) is 0 Å². The van der Waals surface area contributed by atoms with Gasteiger partial charge >= 0.3 is 0 Å². The molecule has 0 atom stereocenters. The Morgan fingerprint density at radius 1 is 0.885 bits per heavy atom. The first-order valence-electron chi connectivity index (χ1n) is 9.46. The van der Waals surface area contributed by atoms with E-state index in [0.717, 1.165) is 10.9 Å². The van der Waals surface area contributed by atoms with E-state index >= 15 is 0 Å². The lowest BCUT2D eigenvalue weighted by molar-refractivity contribution is 0.830. The van der Waals surface area contributed by atoms with Crippen LogP contribution in [0.25, 0.3) is 16.3 Å². The topological polar surface area (TPSA) is 0 Å². The zero-order valence-electron chi connectivity index (χ0n) is 14.8. The van der Waals surface area contributed by atoms with Crippen molar-refractivity contribution in [3.8, 4) is 0 Å². The van der Waals surface area contributed by atoms with Gasteiger partial charge in [0.25, 0.3) is 0 Å². The minimum absolute atomic E-state index is 0.981. The van der Waals surface area contributed by atoms with E-state index in [9.17, 15) is 0 Å². The van der Waals surface area contributed by atoms with Crippen molar-refractivity contribution >= 4 is 32.3 Å². The van der Waals surface area contributed by atoms with E-state index in [2.05, 4.69) is 82.7 Å². The van der Waals surface area contributed by atoms with E-state index in [4.69, 9.17) is 0 Å². The minimum atomic E-state index is 0.981. The maximum absolute atomic E-state index is 3.61. The second kappa shape index (κ2) is 6.55. The van der Waals surface area contributed by atoms with Gasteiger partial charge in [-0.3, -0.25) is 0 Å². The van der Waals surface area contributed by atoms with Crippen LogP contribution in [0.5, 0.6) is 0 Å². The summed E-state index contributed by atoms with van der Waals surface area (Å²) < 4.78 is 1.15. The summed E-state index contributed by atoms with van der Waals surface area (Å²) in [6, 6.07) is 20.1. The zero-order chi connectivity index (χ0) is 17.5. The van der Waals surface area contributed by atoms with Gasteiger partial charge in [-0.25, -0.2) is 0 Å². The molecule has 0 amide bonds. The second-order valence-electron chi connectivity index (χ2n) is 7.37. The molecule has 0 aromatic heterocycles. The molecule has 0 radical (unpaired) electrons. The average molecular weight is 401 g/mol. The fourth-order valence-electron chi connectivity index (χ4n) is 4.59. The molecule has 0 fully saturated rings. The Morgan fingerprint density at radius 2 is 1.81 bits per heavy atom. The van der Waals surface area contributed by atoms with Gasteiger partial charge in [0.2, 0.25) is 0 Å². The highest BCUT2D eigenvalue weighted by Gasteiger charge is 2.21. The van der Waals surface area contributed by atoms with E-state index in [1.165, 1.54) is 58.7 Å². The first-order valence-corrected chi connectivity index (χ1v) is 10.3. The fourth-order valence-corrected chi connectivity index (χ4v) is 5.04. The Hall–Kier alpha value is -2.12. The van der Waals surface area contributed by atoms with Crippen LogP contribution in [0.4, 0.5) is 0 Å². The summed E-state index contributed by atoms with van der Waals surface area (Å²) in [5, 5.41) is 2.86. The summed E-state index contributed by atoms with van der Waals surface area (Å²) in [7, 11) is 0. The van der Waals surface area contributed by atoms with Gasteiger partial charge in [-0.05, 0) is 82.8 Å². The lowest BCUT2D eigenvalue weighted by atomic mass is 9.78. The first kappa shape index (κ1) is 16.1. The quantitative estimate of drug-likeness (QED) is 0.425. The maximum Gasteiger partial charge on any atom is 0.0178 e. The highest BCUT2D eigenvalue weighted by Crippen LogP contribution is 2.41. The molecule has 0 spiro atoms. The Labute approximate surface area is 163 Å². The summed E-state index contributed by atoms with van der Waals surface area (Å²) in [6.45, 7) is 0. The van der Waals surface area contributed by atoms with Crippen molar-refractivity contribution in [2.45, 2.75) is 32.1 Å². The molecule has 0 N–H and O–H groups in total. The number of aryl methyl sites for hydroxylation is 1. The van der Waals surface area contributed by atoms with Crippen molar-refractivity contribution in [3.05, 3.63) is 99.0 Å². The number of hydrogen-bond acceptors (Lipinski definition) is 0. The lowest BCUT2D eigenvalue weighted by Gasteiger charge is -2.26. The van der Waals surface area contributed by atoms with Crippen LogP contribution in [0.1, 0.15) is 41.5 Å². The molecular weight excluding hydrogens is 380 g/mol. The lowest BCUT2D eigenvalue weighted by Crippen LogP contribution is -2.08. The van der Waals surface area contributed by atoms with Crippen LogP contribution < -0.4 is 0 Å². The summed E-state index contributed by atoms with van der Waals surface area (Å²) in [6.07, 6.45) is 10.5. The molecule has 5 rings (SSSR count). The van der Waals surface area contributed by atoms with Gasteiger partial charge in [0, 0.05) is 4.47 Å². The standard InChI is InChI=1S/C25H21Br/c26-21-9-3-5-17(16-21)15-20-8-4-7-19-12-13-23-22-10-2-1-6-18(22)11-14-24(23)25(19)20/h2-5,7-10,12-13,16H,1,6,11,14-15H2. The molecule has 2 aliphatic carbocycles. The van der Waals surface area contributed by atoms with Gasteiger partial charge in [0.05, 0.1) is 0 Å². The molecular formula is C25H21Br. The smallest absolute Gasteiger partial charge is 0.0178 e. The molecule has 0 nitrogen and oxygen atoms in total. The third-order valence-corrected chi connectivity index (χ3v) is 6.26. The van der Waals surface area contributed by atoms with Crippen LogP contribution in [0.3, 0.4) is 0 Å². The normalized spacial score (nSPS) is 15.9. The van der Waals surface area contributed by atoms with Gasteiger partial charge < -0.3 is 0 Å². The number of benzene rings is 3. The number of rotatable bonds is 2. The van der Waals surface area contributed by atoms with Crippen molar-refractivity contribution in [2.75, 3.05) is 0 Å². The van der Waals surface area contributed by atoms with E-state index in [1.54, 1.807) is 11.1 Å². The van der Waals surface area contributed by atoms with E-state index in [1.807, 2.05) is 0 Å². The van der Waals surface area contributed by atoms with Gasteiger partial charge in [0.1, 0.15) is 0 Å². The predicted molar refractivity (Wildman–Crippen MR) is 115 cm³/mol. The molecule has 26 heavy (non-hydrogen) atoms. The van der Waals surface area contributed by atoms with Crippen molar-refractivity contribution < 1.29 is 0 Å². The van der Waals surface area contributed by atoms with Crippen molar-refractivity contribution in [1.29, 1.82) is 0 Å². The maximum atomic E-state index is 3.61. The monoisotopic (exact) mass is 400 g/mol.